The number of pyridine rings is 1. The Morgan fingerprint density at radius 1 is 1.06 bits per heavy atom. The van der Waals surface area contributed by atoms with Crippen LogP contribution in [-0.4, -0.2) is 61.1 Å². The van der Waals surface area contributed by atoms with Crippen molar-refractivity contribution >= 4 is 28.9 Å². The molecule has 11 heteroatoms. The van der Waals surface area contributed by atoms with Crippen molar-refractivity contribution in [2.75, 3.05) is 0 Å². The average Bonchev–Trinajstić information content (AvgIpc) is 3.50. The van der Waals surface area contributed by atoms with Crippen molar-refractivity contribution in [2.24, 2.45) is 29.4 Å². The predicted octanol–water partition coefficient (Wildman–Crippen LogP) is 5.48. The number of ether oxygens (including phenoxy) is 1. The second-order valence-electron chi connectivity index (χ2n) is 13.5. The van der Waals surface area contributed by atoms with Crippen LogP contribution in [0.5, 0.6) is 0 Å². The number of fused-ring (bicyclic) bond motifs is 1. The summed E-state index contributed by atoms with van der Waals surface area (Å²) in [4.78, 5) is 54.2. The number of hydrogen-bond acceptors (Lipinski definition) is 8. The van der Waals surface area contributed by atoms with Gasteiger partial charge >= 0.3 is 6.09 Å². The van der Waals surface area contributed by atoms with Gasteiger partial charge in [-0.1, -0.05) is 78.4 Å². The first-order chi connectivity index (χ1) is 22.6. The third kappa shape index (κ3) is 10.1. The van der Waals surface area contributed by atoms with Crippen LogP contribution in [0.1, 0.15) is 90.4 Å². The van der Waals surface area contributed by atoms with Crippen molar-refractivity contribution < 1.29 is 24.2 Å². The predicted molar refractivity (Wildman–Crippen MR) is 181 cm³/mol. The molecule has 11 nitrogen and oxygen atoms in total. The summed E-state index contributed by atoms with van der Waals surface area (Å²) in [5, 5.41) is 14.6. The highest BCUT2D eigenvalue weighted by molar-refractivity contribution is 5.99. The highest BCUT2D eigenvalue weighted by Gasteiger charge is 2.38. The van der Waals surface area contributed by atoms with Crippen LogP contribution in [0, 0.1) is 23.7 Å². The molecule has 0 bridgehead atoms. The number of nitrogens with two attached hydrogens (primary N) is 1. The van der Waals surface area contributed by atoms with Crippen molar-refractivity contribution in [1.29, 1.82) is 0 Å². The van der Waals surface area contributed by atoms with Gasteiger partial charge in [-0.2, -0.15) is 0 Å². The van der Waals surface area contributed by atoms with E-state index < -0.39 is 42.0 Å². The van der Waals surface area contributed by atoms with Crippen LogP contribution >= 0.6 is 0 Å². The minimum atomic E-state index is -1.05. The third-order valence-corrected chi connectivity index (χ3v) is 9.64. The van der Waals surface area contributed by atoms with Gasteiger partial charge in [0.2, 0.25) is 11.8 Å². The number of para-hydroxylation sites is 2. The van der Waals surface area contributed by atoms with Crippen LogP contribution < -0.4 is 11.1 Å². The average molecular weight is 649 g/mol. The molecule has 0 radical (unpaired) electrons. The number of imide groups is 1. The Morgan fingerprint density at radius 2 is 1.77 bits per heavy atom. The lowest BCUT2D eigenvalue weighted by atomic mass is 9.81. The van der Waals surface area contributed by atoms with Crippen LogP contribution in [0.25, 0.3) is 11.0 Å². The Balaban J connectivity index is 1.54. The number of aromatic nitrogens is 3. The quantitative estimate of drug-likeness (QED) is 0.168. The first kappa shape index (κ1) is 36.0. The summed E-state index contributed by atoms with van der Waals surface area (Å²) in [6, 6.07) is 9.56. The number of alkyl carbamates (subject to hydrolysis) is 1. The van der Waals surface area contributed by atoms with Gasteiger partial charge in [-0.25, -0.2) is 9.78 Å². The Morgan fingerprint density at radius 3 is 2.43 bits per heavy atom. The number of carbonyl (C=O) groups excluding carboxylic acids is 3. The molecule has 1 fully saturated rings. The monoisotopic (exact) mass is 648 g/mol. The second-order valence-corrected chi connectivity index (χ2v) is 13.5. The molecule has 1 aliphatic rings. The summed E-state index contributed by atoms with van der Waals surface area (Å²) in [5.74, 6) is -1.14. The summed E-state index contributed by atoms with van der Waals surface area (Å²) in [6.07, 6.45) is 8.36. The van der Waals surface area contributed by atoms with Gasteiger partial charge in [-0.15, -0.1) is 0 Å². The van der Waals surface area contributed by atoms with E-state index in [0.717, 1.165) is 42.3 Å². The van der Waals surface area contributed by atoms with E-state index >= 15 is 0 Å². The lowest BCUT2D eigenvalue weighted by molar-refractivity contribution is -0.151. The number of amides is 3. The molecule has 256 valence electrons. The number of rotatable bonds is 15. The standard InChI is InChI=1S/C36H52N6O5/c1-5-24(4)33(37)35(45)42(21-32-39-28-13-9-10-14-29(28)40-32)34(44)27(23(2)3)20-31(43)30(19-25-11-7-6-8-12-25)41-36(46)47-22-26-15-17-38-18-16-26/h9-10,13-18,23-25,27,30-31,33,43H,5-8,11-12,19-22,37H2,1-4H3,(H,39,40)(H,41,46)/t24?,27-,30-,31-,33-/m0/s1. The smallest absolute Gasteiger partial charge is 0.407 e. The van der Waals surface area contributed by atoms with Crippen molar-refractivity contribution in [3.8, 4) is 0 Å². The topological polar surface area (TPSA) is 164 Å². The van der Waals surface area contributed by atoms with E-state index in [1.165, 1.54) is 11.3 Å². The maximum atomic E-state index is 14.4. The van der Waals surface area contributed by atoms with Crippen molar-refractivity contribution in [2.45, 2.75) is 110 Å². The van der Waals surface area contributed by atoms with Crippen molar-refractivity contribution in [3.05, 3.63) is 60.2 Å². The fourth-order valence-electron chi connectivity index (χ4n) is 6.37. The number of imidazole rings is 1. The summed E-state index contributed by atoms with van der Waals surface area (Å²) >= 11 is 0. The highest BCUT2D eigenvalue weighted by atomic mass is 16.5. The van der Waals surface area contributed by atoms with E-state index in [9.17, 15) is 19.5 Å². The van der Waals surface area contributed by atoms with Crippen LogP contribution in [-0.2, 0) is 27.5 Å². The van der Waals surface area contributed by atoms with Crippen LogP contribution in [0.3, 0.4) is 0 Å². The van der Waals surface area contributed by atoms with Gasteiger partial charge in [-0.05, 0) is 60.4 Å². The normalized spacial score (nSPS) is 17.1. The van der Waals surface area contributed by atoms with E-state index in [2.05, 4.69) is 20.3 Å². The van der Waals surface area contributed by atoms with Gasteiger partial charge in [0.05, 0.1) is 35.8 Å². The molecule has 5 atom stereocenters. The number of nitrogens with one attached hydrogen (secondary N) is 2. The number of hydrogen-bond donors (Lipinski definition) is 4. The molecule has 1 aromatic carbocycles. The molecule has 0 aliphatic heterocycles. The summed E-state index contributed by atoms with van der Waals surface area (Å²) < 4.78 is 5.49. The Kier molecular flexibility index (Phi) is 13.3. The van der Waals surface area contributed by atoms with E-state index in [4.69, 9.17) is 10.5 Å². The van der Waals surface area contributed by atoms with Crippen LogP contribution in [0.2, 0.25) is 0 Å². The Labute approximate surface area is 278 Å². The third-order valence-electron chi connectivity index (χ3n) is 9.64. The molecule has 3 amide bonds. The lowest BCUT2D eigenvalue weighted by Gasteiger charge is -2.34. The molecule has 2 aromatic heterocycles. The molecule has 1 saturated carbocycles. The molecule has 1 aliphatic carbocycles. The summed E-state index contributed by atoms with van der Waals surface area (Å²) in [5.41, 5.74) is 8.74. The number of aliphatic hydroxyl groups is 1. The summed E-state index contributed by atoms with van der Waals surface area (Å²) in [6.45, 7) is 7.66. The molecule has 2 heterocycles. The Hall–Kier alpha value is -3.83. The fourth-order valence-corrected chi connectivity index (χ4v) is 6.37. The zero-order valence-corrected chi connectivity index (χ0v) is 28.2. The van der Waals surface area contributed by atoms with Gasteiger partial charge in [0.15, 0.2) is 0 Å². The minimum absolute atomic E-state index is 0.0565. The van der Waals surface area contributed by atoms with Crippen LogP contribution in [0.15, 0.2) is 48.8 Å². The molecular formula is C36H52N6O5. The maximum absolute atomic E-state index is 14.4. The van der Waals surface area contributed by atoms with Crippen molar-refractivity contribution in [3.63, 3.8) is 0 Å². The Bertz CT molecular complexity index is 1410. The SMILES string of the molecule is CCC(C)[C@H](N)C(=O)N(Cc1nc2ccccc2[nH]1)C(=O)[C@@H](C[C@H](O)[C@H](CC1CCCCC1)NC(=O)OCc1ccncc1)C(C)C. The van der Waals surface area contributed by atoms with Gasteiger partial charge in [0, 0.05) is 18.3 Å². The van der Waals surface area contributed by atoms with E-state index in [1.807, 2.05) is 52.0 Å². The zero-order chi connectivity index (χ0) is 33.9. The molecule has 1 unspecified atom stereocenters. The molecule has 4 rings (SSSR count). The largest absolute Gasteiger partial charge is 0.445 e. The number of aromatic amines is 1. The number of aliphatic hydroxyl groups excluding tert-OH is 1. The van der Waals surface area contributed by atoms with E-state index in [0.29, 0.717) is 24.6 Å². The molecule has 0 spiro atoms. The minimum Gasteiger partial charge on any atom is -0.445 e. The lowest BCUT2D eigenvalue weighted by Crippen LogP contribution is -2.52. The maximum Gasteiger partial charge on any atom is 0.407 e. The van der Waals surface area contributed by atoms with Crippen molar-refractivity contribution in [1.82, 2.24) is 25.2 Å². The van der Waals surface area contributed by atoms with Gasteiger partial charge in [-0.3, -0.25) is 19.5 Å². The van der Waals surface area contributed by atoms with Gasteiger partial charge < -0.3 is 25.9 Å². The first-order valence-electron chi connectivity index (χ1n) is 17.1. The molecule has 0 saturated heterocycles. The zero-order valence-electron chi connectivity index (χ0n) is 28.2. The van der Waals surface area contributed by atoms with E-state index in [-0.39, 0.29) is 31.4 Å². The number of carbonyl (C=O) groups is 3. The molecule has 3 aromatic rings. The van der Waals surface area contributed by atoms with Crippen LogP contribution in [0.4, 0.5) is 4.79 Å². The number of H-pyrrole nitrogens is 1. The molecular weight excluding hydrogens is 596 g/mol. The van der Waals surface area contributed by atoms with Gasteiger partial charge in [0.25, 0.3) is 0 Å². The second kappa shape index (κ2) is 17.4. The summed E-state index contributed by atoms with van der Waals surface area (Å²) in [7, 11) is 0. The highest BCUT2D eigenvalue weighted by Crippen LogP contribution is 2.30. The first-order valence-corrected chi connectivity index (χ1v) is 17.1. The molecule has 47 heavy (non-hydrogen) atoms. The number of nitrogens with zero attached hydrogens (tertiary/aromatic N) is 3. The van der Waals surface area contributed by atoms with E-state index in [1.54, 1.807) is 24.5 Å². The number of benzene rings is 1. The molecule has 5 N–H and O–H groups in total. The van der Waals surface area contributed by atoms with Gasteiger partial charge in [0.1, 0.15) is 12.4 Å². The fraction of sp³-hybridized carbons (Fsp3) is 0.583.